The molecule has 0 spiro atoms. The number of benzene rings is 4. The summed E-state index contributed by atoms with van der Waals surface area (Å²) in [4.78, 5) is 2.35. The Morgan fingerprint density at radius 3 is 2.09 bits per heavy atom. The molecule has 2 aliphatic rings. The molecule has 174 valence electrons. The van der Waals surface area contributed by atoms with Crippen LogP contribution in [-0.2, 0) is 5.41 Å². The molecule has 6 rings (SSSR count). The summed E-state index contributed by atoms with van der Waals surface area (Å²) in [5.74, 6) is 2.62. The van der Waals surface area contributed by atoms with Gasteiger partial charge in [0.1, 0.15) is 17.2 Å². The van der Waals surface area contributed by atoms with Crippen molar-refractivity contribution in [2.75, 3.05) is 26.2 Å². The molecule has 35 heavy (non-hydrogen) atoms. The van der Waals surface area contributed by atoms with Crippen molar-refractivity contribution in [3.63, 3.8) is 0 Å². The first kappa shape index (κ1) is 21.7. The van der Waals surface area contributed by atoms with Crippen molar-refractivity contribution >= 4 is 40.2 Å². The molecule has 4 aromatic rings. The Labute approximate surface area is 207 Å². The van der Waals surface area contributed by atoms with Crippen LogP contribution in [0.2, 0.25) is 0 Å². The summed E-state index contributed by atoms with van der Waals surface area (Å²) in [5.41, 5.74) is 9.63. The van der Waals surface area contributed by atoms with Crippen molar-refractivity contribution in [3.05, 3.63) is 90.0 Å². The molecule has 0 saturated carbocycles. The van der Waals surface area contributed by atoms with Crippen LogP contribution in [0.15, 0.2) is 78.9 Å². The van der Waals surface area contributed by atoms with Crippen LogP contribution in [-0.4, -0.2) is 28.0 Å². The maximum Gasteiger partial charge on any atom is 0.247 e. The number of rotatable bonds is 4. The highest BCUT2D eigenvalue weighted by molar-refractivity contribution is 6.99. The van der Waals surface area contributed by atoms with Gasteiger partial charge in [0.25, 0.3) is 0 Å². The van der Waals surface area contributed by atoms with Gasteiger partial charge >= 0.3 is 0 Å². The minimum absolute atomic E-state index is 0.0823. The van der Waals surface area contributed by atoms with Gasteiger partial charge in [-0.05, 0) is 71.1 Å². The molecule has 4 aromatic carbocycles. The Balaban J connectivity index is 1.73. The Kier molecular flexibility index (Phi) is 4.85. The van der Waals surface area contributed by atoms with E-state index in [0.717, 1.165) is 28.6 Å². The summed E-state index contributed by atoms with van der Waals surface area (Å²) in [6, 6.07) is 27.8. The molecule has 0 aromatic heterocycles. The number of methoxy groups -OCH3 is 3. The van der Waals surface area contributed by atoms with Gasteiger partial charge in [0, 0.05) is 28.0 Å². The molecule has 2 heterocycles. The zero-order valence-electron chi connectivity index (χ0n) is 20.8. The van der Waals surface area contributed by atoms with Gasteiger partial charge in [0.15, 0.2) is 0 Å². The minimum atomic E-state index is -0.217. The lowest BCUT2D eigenvalue weighted by molar-refractivity contribution is 0.401. The summed E-state index contributed by atoms with van der Waals surface area (Å²) in [6.45, 7) is 4.69. The third-order valence-electron chi connectivity index (χ3n) is 7.62. The van der Waals surface area contributed by atoms with Crippen LogP contribution < -0.4 is 35.5 Å². The SMILES string of the molecule is COc1ccc(N2c3ccc(OC)cc3B3c4ccccc4C(C)(C)c4c(OC)ccc2c43)cc1. The summed E-state index contributed by atoms with van der Waals surface area (Å²) < 4.78 is 17.1. The minimum Gasteiger partial charge on any atom is -0.497 e. The van der Waals surface area contributed by atoms with Crippen LogP contribution in [0.5, 0.6) is 17.2 Å². The molecule has 5 heteroatoms. The van der Waals surface area contributed by atoms with Crippen molar-refractivity contribution in [2.45, 2.75) is 19.3 Å². The molecule has 0 amide bonds. The second kappa shape index (κ2) is 7.84. The van der Waals surface area contributed by atoms with Crippen LogP contribution in [0.3, 0.4) is 0 Å². The number of hydrogen-bond acceptors (Lipinski definition) is 4. The second-order valence-corrected chi connectivity index (χ2v) is 9.68. The van der Waals surface area contributed by atoms with Gasteiger partial charge < -0.3 is 19.1 Å². The van der Waals surface area contributed by atoms with E-state index in [9.17, 15) is 0 Å². The fraction of sp³-hybridized carbons (Fsp3) is 0.200. The maximum atomic E-state index is 5.98. The van der Waals surface area contributed by atoms with E-state index in [4.69, 9.17) is 14.2 Å². The van der Waals surface area contributed by atoms with Crippen LogP contribution >= 0.6 is 0 Å². The third-order valence-corrected chi connectivity index (χ3v) is 7.62. The lowest BCUT2D eigenvalue weighted by Crippen LogP contribution is -2.64. The summed E-state index contributed by atoms with van der Waals surface area (Å²) >= 11 is 0. The Morgan fingerprint density at radius 1 is 0.686 bits per heavy atom. The van der Waals surface area contributed by atoms with Crippen LogP contribution in [0.1, 0.15) is 25.0 Å². The van der Waals surface area contributed by atoms with Gasteiger partial charge in [0.05, 0.1) is 21.3 Å². The van der Waals surface area contributed by atoms with E-state index in [1.165, 1.54) is 33.2 Å². The molecule has 0 radical (unpaired) electrons. The molecular weight excluding hydrogens is 433 g/mol. The first-order chi connectivity index (χ1) is 17.0. The Morgan fingerprint density at radius 2 is 1.37 bits per heavy atom. The lowest BCUT2D eigenvalue weighted by Gasteiger charge is -2.45. The van der Waals surface area contributed by atoms with E-state index in [1.807, 2.05) is 18.2 Å². The summed E-state index contributed by atoms with van der Waals surface area (Å²) in [7, 11) is 5.19. The van der Waals surface area contributed by atoms with Crippen LogP contribution in [0.25, 0.3) is 0 Å². The summed E-state index contributed by atoms with van der Waals surface area (Å²) in [6.07, 6.45) is 0. The molecule has 0 aliphatic carbocycles. The van der Waals surface area contributed by atoms with Gasteiger partial charge in [0.2, 0.25) is 6.71 Å². The fourth-order valence-corrected chi connectivity index (χ4v) is 6.06. The molecular formula is C30H28BNO3. The lowest BCUT2D eigenvalue weighted by atomic mass is 9.30. The highest BCUT2D eigenvalue weighted by Gasteiger charge is 2.47. The topological polar surface area (TPSA) is 30.9 Å². The molecule has 0 unspecified atom stereocenters. The molecule has 0 atom stereocenters. The van der Waals surface area contributed by atoms with Crippen LogP contribution in [0, 0.1) is 0 Å². The van der Waals surface area contributed by atoms with Crippen molar-refractivity contribution < 1.29 is 14.2 Å². The monoisotopic (exact) mass is 461 g/mol. The molecule has 0 bridgehead atoms. The van der Waals surface area contributed by atoms with E-state index in [0.29, 0.717) is 0 Å². The van der Waals surface area contributed by atoms with Gasteiger partial charge in [-0.3, -0.25) is 0 Å². The molecule has 4 nitrogen and oxygen atoms in total. The van der Waals surface area contributed by atoms with Crippen molar-refractivity contribution in [3.8, 4) is 17.2 Å². The number of fused-ring (bicyclic) bond motifs is 4. The van der Waals surface area contributed by atoms with Gasteiger partial charge in [-0.1, -0.05) is 43.6 Å². The maximum absolute atomic E-state index is 5.98. The number of hydrogen-bond donors (Lipinski definition) is 0. The fourth-order valence-electron chi connectivity index (χ4n) is 6.06. The largest absolute Gasteiger partial charge is 0.497 e. The normalized spacial score (nSPS) is 14.5. The van der Waals surface area contributed by atoms with Gasteiger partial charge in [-0.25, -0.2) is 0 Å². The first-order valence-electron chi connectivity index (χ1n) is 11.9. The first-order valence-corrected chi connectivity index (χ1v) is 11.9. The molecule has 0 N–H and O–H groups in total. The van der Waals surface area contributed by atoms with Crippen molar-refractivity contribution in [1.29, 1.82) is 0 Å². The molecule has 0 saturated heterocycles. The predicted octanol–water partition coefficient (Wildman–Crippen LogP) is 4.65. The number of anilines is 3. The number of ether oxygens (including phenoxy) is 3. The second-order valence-electron chi connectivity index (χ2n) is 9.68. The van der Waals surface area contributed by atoms with Crippen molar-refractivity contribution in [2.24, 2.45) is 0 Å². The van der Waals surface area contributed by atoms with E-state index < -0.39 is 0 Å². The Bertz CT molecular complexity index is 1440. The van der Waals surface area contributed by atoms with Crippen molar-refractivity contribution in [1.82, 2.24) is 0 Å². The quantitative estimate of drug-likeness (QED) is 0.365. The smallest absolute Gasteiger partial charge is 0.247 e. The number of nitrogens with zero attached hydrogens (tertiary/aromatic N) is 1. The zero-order chi connectivity index (χ0) is 24.3. The van der Waals surface area contributed by atoms with E-state index in [2.05, 4.69) is 79.4 Å². The van der Waals surface area contributed by atoms with E-state index in [1.54, 1.807) is 21.3 Å². The molecule has 2 aliphatic heterocycles. The standard InChI is InChI=1S/C30H28BNO3/c1-30(2)22-8-6-7-9-23(22)31-24-18-21(34-4)14-15-25(24)32(19-10-12-20(33-3)13-11-19)26-16-17-27(35-5)28(30)29(26)31/h6-18H,1-5H3. The van der Waals surface area contributed by atoms with Gasteiger partial charge in [-0.15, -0.1) is 0 Å². The average Bonchev–Trinajstić information content (AvgIpc) is 2.90. The Hall–Kier alpha value is -3.86. The van der Waals surface area contributed by atoms with E-state index >= 15 is 0 Å². The molecule has 0 fully saturated rings. The summed E-state index contributed by atoms with van der Waals surface area (Å²) in [5, 5.41) is 0. The predicted molar refractivity (Wildman–Crippen MR) is 144 cm³/mol. The van der Waals surface area contributed by atoms with Crippen LogP contribution in [0.4, 0.5) is 17.1 Å². The van der Waals surface area contributed by atoms with E-state index in [-0.39, 0.29) is 12.1 Å². The zero-order valence-corrected chi connectivity index (χ0v) is 20.8. The highest BCUT2D eigenvalue weighted by Crippen LogP contribution is 2.45. The average molecular weight is 461 g/mol. The highest BCUT2D eigenvalue weighted by atomic mass is 16.5. The van der Waals surface area contributed by atoms with Gasteiger partial charge in [-0.2, -0.15) is 0 Å². The third kappa shape index (κ3) is 3.00.